The average Bonchev–Trinajstić information content (AvgIpc) is 3.49. The number of aromatic nitrogens is 3. The van der Waals surface area contributed by atoms with Gasteiger partial charge in [0.05, 0.1) is 42.5 Å². The first-order valence-corrected chi connectivity index (χ1v) is 12.8. The molecule has 1 N–H and O–H groups in total. The summed E-state index contributed by atoms with van der Waals surface area (Å²) >= 11 is 0. The number of pyridine rings is 1. The number of aryl methyl sites for hydroxylation is 1. The van der Waals surface area contributed by atoms with Crippen LogP contribution >= 0.6 is 0 Å². The zero-order valence-corrected chi connectivity index (χ0v) is 22.0. The Kier molecular flexibility index (Phi) is 7.46. The molecule has 2 fully saturated rings. The standard InChI is InChI=1S/C27H28F3N7O3/c1-15(8-18(29)9-16(2)28)22-6-7-32-37(22)27(39)36-13-19(14-36)40-24-10-21(31-12-20(24)30)23-11-25(34-35(23)3)33-26(38)17-4-5-17/h7-12,17,19,22H,1,4-6,13-14H2,2-3H3,(H,33,34,38)/b16-9+,18-8+/t22-/m0/s1. The zero-order valence-electron chi connectivity index (χ0n) is 22.0. The van der Waals surface area contributed by atoms with E-state index in [1.165, 1.54) is 26.9 Å². The molecule has 13 heteroatoms. The molecular weight excluding hydrogens is 527 g/mol. The molecule has 1 saturated carbocycles. The van der Waals surface area contributed by atoms with Gasteiger partial charge in [-0.15, -0.1) is 0 Å². The van der Waals surface area contributed by atoms with E-state index >= 15 is 0 Å². The van der Waals surface area contributed by atoms with E-state index in [0.717, 1.165) is 38.1 Å². The molecule has 2 aromatic heterocycles. The summed E-state index contributed by atoms with van der Waals surface area (Å²) in [6.45, 7) is 5.29. The summed E-state index contributed by atoms with van der Waals surface area (Å²) in [4.78, 5) is 30.7. The lowest BCUT2D eigenvalue weighted by Crippen LogP contribution is -2.59. The Hall–Kier alpha value is -4.42. The van der Waals surface area contributed by atoms with Crippen LogP contribution < -0.4 is 10.1 Å². The Morgan fingerprint density at radius 1 is 1.20 bits per heavy atom. The minimum absolute atomic E-state index is 0.0271. The van der Waals surface area contributed by atoms with Crippen molar-refractivity contribution < 1.29 is 27.5 Å². The Balaban J connectivity index is 1.20. The van der Waals surface area contributed by atoms with Crippen LogP contribution in [-0.2, 0) is 11.8 Å². The third-order valence-electron chi connectivity index (χ3n) is 6.69. The molecule has 3 aliphatic rings. The summed E-state index contributed by atoms with van der Waals surface area (Å²) in [7, 11) is 1.69. The zero-order chi connectivity index (χ0) is 28.6. The molecule has 1 aliphatic carbocycles. The van der Waals surface area contributed by atoms with Crippen LogP contribution in [0, 0.1) is 11.7 Å². The molecular formula is C27H28F3N7O3. The second-order valence-corrected chi connectivity index (χ2v) is 9.96. The molecule has 0 spiro atoms. The van der Waals surface area contributed by atoms with Gasteiger partial charge in [-0.25, -0.2) is 23.0 Å². The second-order valence-electron chi connectivity index (χ2n) is 9.96. The number of ether oxygens (including phenoxy) is 1. The highest BCUT2D eigenvalue weighted by Crippen LogP contribution is 2.32. The highest BCUT2D eigenvalue weighted by Gasteiger charge is 2.39. The number of nitrogens with one attached hydrogen (secondary N) is 1. The molecule has 210 valence electrons. The second kappa shape index (κ2) is 11.0. The molecule has 0 bridgehead atoms. The summed E-state index contributed by atoms with van der Waals surface area (Å²) < 4.78 is 48.8. The van der Waals surface area contributed by atoms with Gasteiger partial charge in [-0.2, -0.15) is 10.2 Å². The molecule has 40 heavy (non-hydrogen) atoms. The first-order chi connectivity index (χ1) is 19.1. The maximum atomic E-state index is 14.6. The van der Waals surface area contributed by atoms with Crippen LogP contribution in [0.25, 0.3) is 11.4 Å². The van der Waals surface area contributed by atoms with Gasteiger partial charge in [0, 0.05) is 43.8 Å². The number of hydrogen-bond acceptors (Lipinski definition) is 6. The maximum absolute atomic E-state index is 14.6. The first-order valence-electron chi connectivity index (χ1n) is 12.8. The number of allylic oxidation sites excluding steroid dienone is 3. The summed E-state index contributed by atoms with van der Waals surface area (Å²) in [5.74, 6) is -1.87. The van der Waals surface area contributed by atoms with Crippen molar-refractivity contribution in [3.05, 3.63) is 60.1 Å². The number of anilines is 1. The van der Waals surface area contributed by atoms with Gasteiger partial charge in [-0.3, -0.25) is 14.5 Å². The fraction of sp³-hybridized carbons (Fsp3) is 0.370. The van der Waals surface area contributed by atoms with Gasteiger partial charge in [0.2, 0.25) is 5.91 Å². The van der Waals surface area contributed by atoms with Crippen LogP contribution in [0.2, 0.25) is 0 Å². The molecule has 3 amide bonds. The molecule has 1 saturated heterocycles. The van der Waals surface area contributed by atoms with Crippen LogP contribution in [0.3, 0.4) is 0 Å². The van der Waals surface area contributed by atoms with Gasteiger partial charge in [0.25, 0.3) is 0 Å². The predicted octanol–water partition coefficient (Wildman–Crippen LogP) is 4.50. The van der Waals surface area contributed by atoms with Gasteiger partial charge in [0.15, 0.2) is 17.4 Å². The van der Waals surface area contributed by atoms with Crippen LogP contribution in [0.15, 0.2) is 59.4 Å². The van der Waals surface area contributed by atoms with E-state index < -0.39 is 35.6 Å². The van der Waals surface area contributed by atoms with Crippen molar-refractivity contribution >= 4 is 24.0 Å². The maximum Gasteiger partial charge on any atom is 0.341 e. The molecule has 0 unspecified atom stereocenters. The van der Waals surface area contributed by atoms with E-state index in [1.807, 2.05) is 0 Å². The monoisotopic (exact) mass is 555 g/mol. The van der Waals surface area contributed by atoms with E-state index in [1.54, 1.807) is 13.1 Å². The van der Waals surface area contributed by atoms with Crippen molar-refractivity contribution in [2.75, 3.05) is 18.4 Å². The third kappa shape index (κ3) is 5.92. The van der Waals surface area contributed by atoms with Crippen molar-refractivity contribution in [3.63, 3.8) is 0 Å². The van der Waals surface area contributed by atoms with E-state index in [2.05, 4.69) is 27.1 Å². The molecule has 0 radical (unpaired) electrons. The van der Waals surface area contributed by atoms with Crippen molar-refractivity contribution in [3.8, 4) is 17.1 Å². The van der Waals surface area contributed by atoms with E-state index in [-0.39, 0.29) is 36.2 Å². The molecule has 2 aromatic rings. The highest BCUT2D eigenvalue weighted by atomic mass is 19.1. The number of carbonyl (C=O) groups is 2. The van der Waals surface area contributed by atoms with Gasteiger partial charge in [-0.1, -0.05) is 6.58 Å². The number of urea groups is 1. The van der Waals surface area contributed by atoms with Gasteiger partial charge >= 0.3 is 6.03 Å². The normalized spacial score (nSPS) is 19.6. The lowest BCUT2D eigenvalue weighted by Gasteiger charge is -2.41. The molecule has 5 rings (SSSR count). The van der Waals surface area contributed by atoms with Crippen molar-refractivity contribution in [2.24, 2.45) is 18.1 Å². The minimum atomic E-state index is -0.814. The molecule has 1 atom stereocenters. The number of hydrazone groups is 1. The average molecular weight is 556 g/mol. The van der Waals surface area contributed by atoms with Crippen molar-refractivity contribution in [1.82, 2.24) is 24.7 Å². The minimum Gasteiger partial charge on any atom is -0.483 e. The number of amides is 3. The van der Waals surface area contributed by atoms with Gasteiger partial charge < -0.3 is 15.0 Å². The lowest BCUT2D eigenvalue weighted by atomic mass is 10.1. The van der Waals surface area contributed by atoms with Gasteiger partial charge in [-0.05, 0) is 31.4 Å². The topological polar surface area (TPSA) is 105 Å². The Morgan fingerprint density at radius 3 is 2.65 bits per heavy atom. The Bertz CT molecular complexity index is 1440. The number of hydrogen-bond donors (Lipinski definition) is 1. The number of halogens is 3. The quantitative estimate of drug-likeness (QED) is 0.483. The molecule has 0 aromatic carbocycles. The van der Waals surface area contributed by atoms with Gasteiger partial charge in [0.1, 0.15) is 11.9 Å². The number of rotatable bonds is 8. The Labute approximate surface area is 228 Å². The van der Waals surface area contributed by atoms with Crippen LogP contribution in [-0.4, -0.2) is 68.1 Å². The molecule has 10 nitrogen and oxygen atoms in total. The first kappa shape index (κ1) is 27.2. The number of carbonyl (C=O) groups excluding carboxylic acids is 2. The van der Waals surface area contributed by atoms with Crippen molar-refractivity contribution in [1.29, 1.82) is 0 Å². The SMILES string of the molecule is C=C(/C=C(F)\C=C(/C)F)[C@@H]1CC=NN1C(=O)N1CC(Oc2cc(-c3cc(NC(=O)C4CC4)nn3C)ncc2F)C1. The molecule has 2 aliphatic heterocycles. The lowest BCUT2D eigenvalue weighted by molar-refractivity contribution is -0.117. The summed E-state index contributed by atoms with van der Waals surface area (Å²) in [6, 6.07) is 2.06. The van der Waals surface area contributed by atoms with Crippen LogP contribution in [0.4, 0.5) is 23.8 Å². The van der Waals surface area contributed by atoms with Crippen LogP contribution in [0.5, 0.6) is 5.75 Å². The summed E-state index contributed by atoms with van der Waals surface area (Å²) in [5.41, 5.74) is 1.23. The molecule has 4 heterocycles. The summed E-state index contributed by atoms with van der Waals surface area (Å²) in [5, 5.41) is 12.4. The van der Waals surface area contributed by atoms with Crippen LogP contribution in [0.1, 0.15) is 26.2 Å². The number of nitrogens with zero attached hydrogens (tertiary/aromatic N) is 6. The third-order valence-corrected chi connectivity index (χ3v) is 6.69. The number of likely N-dealkylation sites (tertiary alicyclic amines) is 1. The van der Waals surface area contributed by atoms with Crippen molar-refractivity contribution in [2.45, 2.75) is 38.3 Å². The predicted molar refractivity (Wildman–Crippen MR) is 141 cm³/mol. The smallest absolute Gasteiger partial charge is 0.341 e. The largest absolute Gasteiger partial charge is 0.483 e. The fourth-order valence-electron chi connectivity index (χ4n) is 4.40. The van der Waals surface area contributed by atoms with E-state index in [4.69, 9.17) is 4.74 Å². The van der Waals surface area contributed by atoms with E-state index in [9.17, 15) is 22.8 Å². The van der Waals surface area contributed by atoms with E-state index in [0.29, 0.717) is 23.6 Å². The Morgan fingerprint density at radius 2 is 1.95 bits per heavy atom. The highest BCUT2D eigenvalue weighted by molar-refractivity contribution is 5.93. The fourth-order valence-corrected chi connectivity index (χ4v) is 4.40. The summed E-state index contributed by atoms with van der Waals surface area (Å²) in [6.07, 6.45) is 5.97.